The molecule has 0 radical (unpaired) electrons. The maximum absolute atomic E-state index is 9.51. The van der Waals surface area contributed by atoms with Gasteiger partial charge in [0.2, 0.25) is 11.8 Å². The Bertz CT molecular complexity index is 130. The fourth-order valence-electron chi connectivity index (χ4n) is 0. The largest absolute Gasteiger partial charge is 0.369 e. The van der Waals surface area contributed by atoms with Gasteiger partial charge in [-0.3, -0.25) is 9.59 Å². The molecule has 6 nitrogen and oxygen atoms in total. The number of nitrogens with two attached hydrogens (primary N) is 4. The van der Waals surface area contributed by atoms with E-state index < -0.39 is 0 Å². The minimum atomic E-state index is -0.381. The molecule has 8 N–H and O–H groups in total. The van der Waals surface area contributed by atoms with Crippen LogP contribution in [-0.2, 0) is 9.59 Å². The van der Waals surface area contributed by atoms with E-state index in [9.17, 15) is 9.59 Å². The Morgan fingerprint density at radius 1 is 0.857 bits per heavy atom. The van der Waals surface area contributed by atoms with Crippen LogP contribution in [0.4, 0.5) is 0 Å². The normalized spacial score (nSPS) is 7.43. The van der Waals surface area contributed by atoms with Gasteiger partial charge in [-0.1, -0.05) is 0 Å². The minimum absolute atomic E-state index is 0.139. The van der Waals surface area contributed by atoms with Crippen LogP contribution in [0.25, 0.3) is 0 Å². The van der Waals surface area contributed by atoms with Gasteiger partial charge in [0.15, 0.2) is 0 Å². The highest BCUT2D eigenvalue weighted by Crippen LogP contribution is 1.63. The van der Waals surface area contributed by atoms with Crippen LogP contribution in [0.1, 0.15) is 0 Å². The lowest BCUT2D eigenvalue weighted by molar-refractivity contribution is -0.116. The van der Waals surface area contributed by atoms with Gasteiger partial charge in [-0.25, -0.2) is 0 Å². The van der Waals surface area contributed by atoms with Crippen molar-refractivity contribution < 1.29 is 9.59 Å². The molecule has 0 fully saturated rings. The number of primary amides is 2. The molecule has 14 heavy (non-hydrogen) atoms. The first kappa shape index (κ1) is 19.2. The highest BCUT2D eigenvalue weighted by atomic mass is 32.1. The predicted octanol–water partition coefficient (Wildman–Crippen LogP) is -2.29. The van der Waals surface area contributed by atoms with Crippen LogP contribution in [-0.4, -0.2) is 36.4 Å². The molecule has 0 saturated carbocycles. The van der Waals surface area contributed by atoms with Crippen molar-refractivity contribution in [2.45, 2.75) is 0 Å². The van der Waals surface area contributed by atoms with Gasteiger partial charge < -0.3 is 22.9 Å². The van der Waals surface area contributed by atoms with Crippen LogP contribution in [0.5, 0.6) is 0 Å². The zero-order valence-corrected chi connectivity index (χ0v) is 9.64. The third-order valence-corrected chi connectivity index (χ3v) is 1.10. The van der Waals surface area contributed by atoms with Gasteiger partial charge in [-0.05, 0) is 0 Å². The molecule has 2 amide bonds. The standard InChI is InChI=1S/C2H8N2.2C2H5NOS/c3-1-2-4;2*3-2(4)1-5/h1-4H2;2*5H,1H2,(H2,3,4). The fourth-order valence-corrected chi connectivity index (χ4v) is 0. The summed E-state index contributed by atoms with van der Waals surface area (Å²) in [5, 5.41) is 0. The van der Waals surface area contributed by atoms with Crippen LogP contribution in [0.2, 0.25) is 0 Å². The smallest absolute Gasteiger partial charge is 0.227 e. The van der Waals surface area contributed by atoms with E-state index in [4.69, 9.17) is 11.5 Å². The quantitative estimate of drug-likeness (QED) is 0.310. The predicted molar refractivity (Wildman–Crippen MR) is 64.2 cm³/mol. The molecule has 8 heteroatoms. The van der Waals surface area contributed by atoms with E-state index >= 15 is 0 Å². The van der Waals surface area contributed by atoms with Crippen molar-refractivity contribution in [1.82, 2.24) is 0 Å². The second kappa shape index (κ2) is 18.4. The maximum Gasteiger partial charge on any atom is 0.227 e. The Morgan fingerprint density at radius 2 is 1.00 bits per heavy atom. The number of thiol groups is 2. The van der Waals surface area contributed by atoms with Crippen LogP contribution < -0.4 is 22.9 Å². The van der Waals surface area contributed by atoms with Crippen LogP contribution in [0.3, 0.4) is 0 Å². The third-order valence-electron chi connectivity index (χ3n) is 0.478. The van der Waals surface area contributed by atoms with Gasteiger partial charge in [-0.2, -0.15) is 25.3 Å². The third kappa shape index (κ3) is 62.0. The topological polar surface area (TPSA) is 138 Å². The maximum atomic E-state index is 9.51. The lowest BCUT2D eigenvalue weighted by Crippen LogP contribution is -2.11. The molecule has 0 unspecified atom stereocenters. The summed E-state index contributed by atoms with van der Waals surface area (Å²) in [6.45, 7) is 1.19. The second-order valence-electron chi connectivity index (χ2n) is 1.83. The van der Waals surface area contributed by atoms with Gasteiger partial charge in [0.25, 0.3) is 0 Å². The van der Waals surface area contributed by atoms with Crippen LogP contribution in [0, 0.1) is 0 Å². The molecule has 0 aromatic rings. The second-order valence-corrected chi connectivity index (χ2v) is 2.46. The molecular weight excluding hydrogens is 224 g/mol. The number of hydrogen-bond acceptors (Lipinski definition) is 6. The number of carbonyl (C=O) groups excluding carboxylic acids is 2. The Labute approximate surface area is 94.6 Å². The number of hydrogen-bond donors (Lipinski definition) is 6. The monoisotopic (exact) mass is 242 g/mol. The van der Waals surface area contributed by atoms with E-state index in [-0.39, 0.29) is 23.3 Å². The lowest BCUT2D eigenvalue weighted by atomic mass is 10.7. The van der Waals surface area contributed by atoms with E-state index in [1.807, 2.05) is 0 Å². The molecule has 0 aliphatic carbocycles. The van der Waals surface area contributed by atoms with E-state index in [0.29, 0.717) is 13.1 Å². The summed E-state index contributed by atoms with van der Waals surface area (Å²) in [4.78, 5) is 19.0. The van der Waals surface area contributed by atoms with Crippen molar-refractivity contribution in [2.75, 3.05) is 24.6 Å². The van der Waals surface area contributed by atoms with E-state index in [1.54, 1.807) is 0 Å². The fraction of sp³-hybridized carbons (Fsp3) is 0.667. The highest BCUT2D eigenvalue weighted by molar-refractivity contribution is 7.81. The SMILES string of the molecule is NC(=O)CS.NC(=O)CS.NCCN. The summed E-state index contributed by atoms with van der Waals surface area (Å²) in [6, 6.07) is 0. The van der Waals surface area contributed by atoms with Crippen LogP contribution >= 0.6 is 25.3 Å². The van der Waals surface area contributed by atoms with Crippen molar-refractivity contribution in [3.8, 4) is 0 Å². The minimum Gasteiger partial charge on any atom is -0.369 e. The average molecular weight is 242 g/mol. The van der Waals surface area contributed by atoms with Gasteiger partial charge in [-0.15, -0.1) is 0 Å². The van der Waals surface area contributed by atoms with Crippen molar-refractivity contribution in [2.24, 2.45) is 22.9 Å². The van der Waals surface area contributed by atoms with Crippen molar-refractivity contribution in [3.63, 3.8) is 0 Å². The molecule has 0 aliphatic heterocycles. The molecule has 0 atom stereocenters. The lowest BCUT2D eigenvalue weighted by Gasteiger charge is -1.72. The first-order chi connectivity index (χ1) is 6.45. The Kier molecular flexibility index (Phi) is 25.2. The average Bonchev–Trinajstić information content (AvgIpc) is 2.19. The Balaban J connectivity index is -0.000000131. The Morgan fingerprint density at radius 3 is 1.00 bits per heavy atom. The van der Waals surface area contributed by atoms with Gasteiger partial charge >= 0.3 is 0 Å². The van der Waals surface area contributed by atoms with E-state index in [1.165, 1.54) is 0 Å². The molecule has 0 rings (SSSR count). The summed E-state index contributed by atoms with van der Waals surface area (Å²) in [5.41, 5.74) is 19.0. The zero-order valence-electron chi connectivity index (χ0n) is 7.85. The molecule has 0 aromatic carbocycles. The number of carbonyl (C=O) groups is 2. The summed E-state index contributed by atoms with van der Waals surface area (Å²) in [5.74, 6) is -0.485. The van der Waals surface area contributed by atoms with Gasteiger partial charge in [0.1, 0.15) is 0 Å². The van der Waals surface area contributed by atoms with E-state index in [0.717, 1.165) is 0 Å². The molecule has 86 valence electrons. The molecule has 0 saturated heterocycles. The number of amides is 2. The van der Waals surface area contributed by atoms with Crippen molar-refractivity contribution in [1.29, 1.82) is 0 Å². The van der Waals surface area contributed by atoms with Crippen molar-refractivity contribution in [3.05, 3.63) is 0 Å². The van der Waals surface area contributed by atoms with Crippen LogP contribution in [0.15, 0.2) is 0 Å². The van der Waals surface area contributed by atoms with Gasteiger partial charge in [0.05, 0.1) is 11.5 Å². The molecule has 0 bridgehead atoms. The summed E-state index contributed by atoms with van der Waals surface area (Å²) in [6.07, 6.45) is 0. The number of rotatable bonds is 3. The summed E-state index contributed by atoms with van der Waals surface area (Å²) < 4.78 is 0. The highest BCUT2D eigenvalue weighted by Gasteiger charge is 1.78. The van der Waals surface area contributed by atoms with Crippen molar-refractivity contribution >= 4 is 37.1 Å². The van der Waals surface area contributed by atoms with Gasteiger partial charge in [0, 0.05) is 13.1 Å². The van der Waals surface area contributed by atoms with E-state index in [2.05, 4.69) is 36.7 Å². The Hall–Kier alpha value is -0.440. The summed E-state index contributed by atoms with van der Waals surface area (Å²) in [7, 11) is 0. The molecular formula is C6H18N4O2S2. The first-order valence-corrected chi connectivity index (χ1v) is 4.91. The molecule has 0 aromatic heterocycles. The zero-order chi connectivity index (χ0) is 12.0. The summed E-state index contributed by atoms with van der Waals surface area (Å²) >= 11 is 7.08. The molecule has 0 spiro atoms. The first-order valence-electron chi connectivity index (χ1n) is 3.64. The molecule has 0 aliphatic rings. The molecule has 0 heterocycles.